The summed E-state index contributed by atoms with van der Waals surface area (Å²) in [6, 6.07) is 16.4. The zero-order chi connectivity index (χ0) is 25.7. The van der Waals surface area contributed by atoms with Crippen molar-refractivity contribution in [1.82, 2.24) is 15.2 Å². The highest BCUT2D eigenvalue weighted by molar-refractivity contribution is 6.00. The molecule has 188 valence electrons. The minimum Gasteiger partial charge on any atom is -0.492 e. The molecular formula is C28H30FN3O4. The first-order chi connectivity index (χ1) is 17.3. The Kier molecular flexibility index (Phi) is 7.85. The molecule has 1 atom stereocenters. The molecule has 0 aliphatic carbocycles. The van der Waals surface area contributed by atoms with Crippen molar-refractivity contribution >= 4 is 33.6 Å². The number of fused-ring (bicyclic) bond motifs is 2. The summed E-state index contributed by atoms with van der Waals surface area (Å²) in [5, 5.41) is 5.45. The summed E-state index contributed by atoms with van der Waals surface area (Å²) in [5.74, 6) is -0.503. The first kappa shape index (κ1) is 25.2. The van der Waals surface area contributed by atoms with E-state index in [1.807, 2.05) is 49.3 Å². The number of hydrogen-bond acceptors (Lipinski definition) is 5. The van der Waals surface area contributed by atoms with E-state index in [4.69, 9.17) is 9.47 Å². The van der Waals surface area contributed by atoms with Gasteiger partial charge in [-0.3, -0.25) is 4.79 Å². The average Bonchev–Trinajstić information content (AvgIpc) is 3.24. The number of aromatic amines is 1. The van der Waals surface area contributed by atoms with Crippen molar-refractivity contribution in [3.05, 3.63) is 77.7 Å². The lowest BCUT2D eigenvalue weighted by atomic mass is 10.1. The lowest BCUT2D eigenvalue weighted by molar-refractivity contribution is -0.145. The molecule has 0 saturated carbocycles. The Bertz CT molecular complexity index is 1380. The van der Waals surface area contributed by atoms with Gasteiger partial charge in [0.05, 0.1) is 6.61 Å². The first-order valence-corrected chi connectivity index (χ1v) is 11.9. The van der Waals surface area contributed by atoms with Crippen molar-refractivity contribution in [3.63, 3.8) is 0 Å². The maximum atomic E-state index is 13.6. The van der Waals surface area contributed by atoms with Crippen LogP contribution >= 0.6 is 0 Å². The molecule has 4 aromatic rings. The molecule has 1 amide bonds. The van der Waals surface area contributed by atoms with Crippen LogP contribution in [-0.4, -0.2) is 61.7 Å². The lowest BCUT2D eigenvalue weighted by Gasteiger charge is -2.17. The van der Waals surface area contributed by atoms with E-state index in [0.717, 1.165) is 28.5 Å². The summed E-state index contributed by atoms with van der Waals surface area (Å²) in [7, 11) is 3.98. The highest BCUT2D eigenvalue weighted by Gasteiger charge is 2.24. The van der Waals surface area contributed by atoms with Crippen LogP contribution in [0.5, 0.6) is 5.75 Å². The van der Waals surface area contributed by atoms with E-state index in [1.165, 1.54) is 12.1 Å². The Morgan fingerprint density at radius 1 is 1.00 bits per heavy atom. The van der Waals surface area contributed by atoms with E-state index < -0.39 is 12.0 Å². The fourth-order valence-electron chi connectivity index (χ4n) is 3.97. The van der Waals surface area contributed by atoms with Crippen LogP contribution in [0, 0.1) is 5.82 Å². The highest BCUT2D eigenvalue weighted by Crippen LogP contribution is 2.23. The van der Waals surface area contributed by atoms with Gasteiger partial charge in [0, 0.05) is 29.7 Å². The number of likely N-dealkylation sites (N-methyl/N-ethyl adjacent to an activating group) is 1. The van der Waals surface area contributed by atoms with E-state index in [2.05, 4.69) is 10.3 Å². The molecule has 3 aromatic carbocycles. The molecule has 1 heterocycles. The fourth-order valence-corrected chi connectivity index (χ4v) is 3.97. The SMILES string of the molecule is CCOC(=O)[C@@H](Cc1cc2ccc(F)cc2[nH]1)NC(=O)c1ccc2cc(OCCN(C)C)ccc2c1. The number of aromatic nitrogens is 1. The molecule has 0 aliphatic rings. The van der Waals surface area contributed by atoms with Crippen LogP contribution in [0.4, 0.5) is 4.39 Å². The second-order valence-electron chi connectivity index (χ2n) is 8.88. The van der Waals surface area contributed by atoms with Gasteiger partial charge in [0.1, 0.15) is 24.2 Å². The third-order valence-electron chi connectivity index (χ3n) is 5.82. The van der Waals surface area contributed by atoms with Crippen molar-refractivity contribution in [2.45, 2.75) is 19.4 Å². The van der Waals surface area contributed by atoms with Crippen LogP contribution in [0.1, 0.15) is 23.0 Å². The number of carbonyl (C=O) groups is 2. The highest BCUT2D eigenvalue weighted by atomic mass is 19.1. The summed E-state index contributed by atoms with van der Waals surface area (Å²) in [6.45, 7) is 3.30. The Morgan fingerprint density at radius 3 is 2.53 bits per heavy atom. The molecule has 2 N–H and O–H groups in total. The number of ether oxygens (including phenoxy) is 2. The van der Waals surface area contributed by atoms with Crippen molar-refractivity contribution in [2.24, 2.45) is 0 Å². The summed E-state index contributed by atoms with van der Waals surface area (Å²) in [5.41, 5.74) is 1.74. The normalized spacial score (nSPS) is 12.1. The number of carbonyl (C=O) groups excluding carboxylic acids is 2. The maximum absolute atomic E-state index is 13.6. The third kappa shape index (κ3) is 6.20. The quantitative estimate of drug-likeness (QED) is 0.323. The number of halogens is 1. The Hall–Kier alpha value is -3.91. The van der Waals surface area contributed by atoms with Gasteiger partial charge in [-0.05, 0) is 85.7 Å². The molecule has 8 heteroatoms. The fraction of sp³-hybridized carbons (Fsp3) is 0.286. The molecule has 0 radical (unpaired) electrons. The monoisotopic (exact) mass is 491 g/mol. The van der Waals surface area contributed by atoms with Gasteiger partial charge in [-0.25, -0.2) is 9.18 Å². The number of rotatable bonds is 10. The van der Waals surface area contributed by atoms with Crippen molar-refractivity contribution < 1.29 is 23.5 Å². The zero-order valence-electron chi connectivity index (χ0n) is 20.6. The van der Waals surface area contributed by atoms with Crippen LogP contribution in [0.3, 0.4) is 0 Å². The number of amides is 1. The van der Waals surface area contributed by atoms with Gasteiger partial charge >= 0.3 is 5.97 Å². The van der Waals surface area contributed by atoms with Gasteiger partial charge in [-0.2, -0.15) is 0 Å². The van der Waals surface area contributed by atoms with Crippen LogP contribution in [0.15, 0.2) is 60.7 Å². The molecule has 1 aromatic heterocycles. The van der Waals surface area contributed by atoms with Gasteiger partial charge in [-0.15, -0.1) is 0 Å². The van der Waals surface area contributed by atoms with Gasteiger partial charge in [0.25, 0.3) is 5.91 Å². The number of benzene rings is 3. The van der Waals surface area contributed by atoms with Crippen molar-refractivity contribution in [1.29, 1.82) is 0 Å². The molecule has 0 spiro atoms. The molecule has 0 unspecified atom stereocenters. The molecular weight excluding hydrogens is 461 g/mol. The molecule has 4 rings (SSSR count). The van der Waals surface area contributed by atoms with E-state index in [9.17, 15) is 14.0 Å². The predicted octanol–water partition coefficient (Wildman–Crippen LogP) is 4.30. The van der Waals surface area contributed by atoms with E-state index in [-0.39, 0.29) is 24.8 Å². The van der Waals surface area contributed by atoms with Crippen LogP contribution in [-0.2, 0) is 16.0 Å². The number of hydrogen-bond donors (Lipinski definition) is 2. The number of nitrogens with one attached hydrogen (secondary N) is 2. The number of esters is 1. The minimum atomic E-state index is -0.904. The topological polar surface area (TPSA) is 83.7 Å². The Morgan fingerprint density at radius 2 is 1.75 bits per heavy atom. The second kappa shape index (κ2) is 11.2. The molecule has 7 nitrogen and oxygen atoms in total. The second-order valence-corrected chi connectivity index (χ2v) is 8.88. The van der Waals surface area contributed by atoms with Crippen LogP contribution in [0.2, 0.25) is 0 Å². The first-order valence-electron chi connectivity index (χ1n) is 11.9. The summed E-state index contributed by atoms with van der Waals surface area (Å²) in [6.07, 6.45) is 0.183. The molecule has 0 fully saturated rings. The Labute approximate surface area is 209 Å². The van der Waals surface area contributed by atoms with E-state index in [1.54, 1.807) is 25.1 Å². The standard InChI is InChI=1S/C28H30FN3O4/c1-4-35-28(34)26(17-23-14-20-7-9-22(29)16-25(20)30-23)31-27(33)21-6-5-19-15-24(10-8-18(19)13-21)36-12-11-32(2)3/h5-10,13-16,26,30H,4,11-12,17H2,1-3H3,(H,31,33)/t26-/m1/s1. The maximum Gasteiger partial charge on any atom is 0.329 e. The summed E-state index contributed by atoms with van der Waals surface area (Å²) >= 11 is 0. The molecule has 0 saturated heterocycles. The van der Waals surface area contributed by atoms with Crippen molar-refractivity contribution in [3.8, 4) is 5.75 Å². The van der Waals surface area contributed by atoms with E-state index in [0.29, 0.717) is 23.4 Å². The van der Waals surface area contributed by atoms with Crippen LogP contribution in [0.25, 0.3) is 21.7 Å². The van der Waals surface area contributed by atoms with Crippen LogP contribution < -0.4 is 10.1 Å². The minimum absolute atomic E-state index is 0.183. The molecule has 36 heavy (non-hydrogen) atoms. The summed E-state index contributed by atoms with van der Waals surface area (Å²) in [4.78, 5) is 30.9. The largest absolute Gasteiger partial charge is 0.492 e. The average molecular weight is 492 g/mol. The third-order valence-corrected chi connectivity index (χ3v) is 5.82. The lowest BCUT2D eigenvalue weighted by Crippen LogP contribution is -2.43. The smallest absolute Gasteiger partial charge is 0.329 e. The zero-order valence-corrected chi connectivity index (χ0v) is 20.6. The number of nitrogens with zero attached hydrogens (tertiary/aromatic N) is 1. The summed E-state index contributed by atoms with van der Waals surface area (Å²) < 4.78 is 24.5. The predicted molar refractivity (Wildman–Crippen MR) is 138 cm³/mol. The van der Waals surface area contributed by atoms with Gasteiger partial charge < -0.3 is 24.7 Å². The van der Waals surface area contributed by atoms with E-state index >= 15 is 0 Å². The van der Waals surface area contributed by atoms with Crippen molar-refractivity contribution in [2.75, 3.05) is 33.9 Å². The molecule has 0 bridgehead atoms. The molecule has 0 aliphatic heterocycles. The number of H-pyrrole nitrogens is 1. The van der Waals surface area contributed by atoms with Gasteiger partial charge in [0.2, 0.25) is 0 Å². The Balaban J connectivity index is 1.49. The van der Waals surface area contributed by atoms with Gasteiger partial charge in [-0.1, -0.05) is 12.1 Å². The van der Waals surface area contributed by atoms with Gasteiger partial charge in [0.15, 0.2) is 0 Å².